The number of aromatic nitrogens is 6. The van der Waals surface area contributed by atoms with Crippen LogP contribution < -0.4 is 5.73 Å². The number of nitrogen functional groups attached to an aromatic ring is 1. The highest BCUT2D eigenvalue weighted by Crippen LogP contribution is 2.25. The van der Waals surface area contributed by atoms with Crippen molar-refractivity contribution in [2.75, 3.05) is 5.73 Å². The third-order valence-electron chi connectivity index (χ3n) is 2.72. The van der Waals surface area contributed by atoms with E-state index in [0.29, 0.717) is 22.4 Å². The van der Waals surface area contributed by atoms with Crippen molar-refractivity contribution >= 4 is 28.7 Å². The van der Waals surface area contributed by atoms with Gasteiger partial charge in [0, 0.05) is 24.5 Å². The number of nitrogens with two attached hydrogens (primary N) is 1. The topological polar surface area (TPSA) is 95.4 Å². The molecule has 3 aromatic heterocycles. The van der Waals surface area contributed by atoms with Gasteiger partial charge in [-0.15, -0.1) is 0 Å². The summed E-state index contributed by atoms with van der Waals surface area (Å²) in [5, 5.41) is 0.162. The Bertz CT molecular complexity index is 735. The summed E-state index contributed by atoms with van der Waals surface area (Å²) >= 11 is 5.96. The second-order valence-corrected chi connectivity index (χ2v) is 4.21. The molecule has 0 saturated carbocycles. The van der Waals surface area contributed by atoms with Gasteiger partial charge < -0.3 is 10.3 Å². The average Bonchev–Trinajstić information content (AvgIpc) is 2.81. The van der Waals surface area contributed by atoms with Gasteiger partial charge in [-0.3, -0.25) is 0 Å². The van der Waals surface area contributed by atoms with Crippen LogP contribution in [0, 0.1) is 0 Å². The van der Waals surface area contributed by atoms with Crippen molar-refractivity contribution in [1.82, 2.24) is 29.5 Å². The smallest absolute Gasteiger partial charge is 0.225 e. The van der Waals surface area contributed by atoms with E-state index in [9.17, 15) is 0 Å². The summed E-state index contributed by atoms with van der Waals surface area (Å²) in [6, 6.07) is 0. The summed E-state index contributed by atoms with van der Waals surface area (Å²) in [7, 11) is 0. The quantitative estimate of drug-likeness (QED) is 0.713. The van der Waals surface area contributed by atoms with Crippen molar-refractivity contribution < 1.29 is 0 Å². The third-order valence-corrected chi connectivity index (χ3v) is 2.89. The van der Waals surface area contributed by atoms with Crippen molar-refractivity contribution in [3.05, 3.63) is 24.0 Å². The van der Waals surface area contributed by atoms with Gasteiger partial charge in [0.25, 0.3) is 0 Å². The van der Waals surface area contributed by atoms with Gasteiger partial charge in [-0.05, 0) is 18.5 Å². The molecular weight excluding hydrogens is 266 g/mol. The van der Waals surface area contributed by atoms with E-state index in [2.05, 4.69) is 24.9 Å². The molecule has 19 heavy (non-hydrogen) atoms. The number of rotatable bonds is 2. The van der Waals surface area contributed by atoms with Gasteiger partial charge in [0.05, 0.1) is 6.33 Å². The second-order valence-electron chi connectivity index (χ2n) is 3.87. The van der Waals surface area contributed by atoms with Crippen molar-refractivity contribution in [3.63, 3.8) is 0 Å². The number of aryl methyl sites for hydroxylation is 1. The Hall–Kier alpha value is -2.28. The van der Waals surface area contributed by atoms with E-state index in [1.165, 1.54) is 0 Å². The maximum Gasteiger partial charge on any atom is 0.225 e. The molecule has 3 rings (SSSR count). The molecule has 0 atom stereocenters. The first-order valence-electron chi connectivity index (χ1n) is 5.65. The summed E-state index contributed by atoms with van der Waals surface area (Å²) in [6.45, 7) is 2.75. The molecule has 0 radical (unpaired) electrons. The number of imidazole rings is 1. The van der Waals surface area contributed by atoms with E-state index in [4.69, 9.17) is 17.3 Å². The number of fused-ring (bicyclic) bond motifs is 1. The molecule has 0 amide bonds. The molecule has 0 aromatic carbocycles. The average molecular weight is 276 g/mol. The molecule has 8 heteroatoms. The van der Waals surface area contributed by atoms with E-state index in [0.717, 1.165) is 6.54 Å². The Morgan fingerprint density at radius 1 is 1.21 bits per heavy atom. The fraction of sp³-hybridized carbons (Fsp3) is 0.182. The third kappa shape index (κ3) is 1.97. The molecule has 0 aliphatic carbocycles. The largest absolute Gasteiger partial charge is 0.368 e. The molecule has 96 valence electrons. The van der Waals surface area contributed by atoms with Crippen LogP contribution in [0.5, 0.6) is 0 Å². The molecule has 2 N–H and O–H groups in total. The number of anilines is 1. The van der Waals surface area contributed by atoms with E-state index in [-0.39, 0.29) is 11.2 Å². The van der Waals surface area contributed by atoms with Crippen LogP contribution in [-0.4, -0.2) is 29.5 Å². The molecule has 3 heterocycles. The lowest BCUT2D eigenvalue weighted by Gasteiger charge is -2.03. The Kier molecular flexibility index (Phi) is 2.75. The van der Waals surface area contributed by atoms with E-state index in [1.54, 1.807) is 18.7 Å². The lowest BCUT2D eigenvalue weighted by molar-refractivity contribution is 0.777. The maximum atomic E-state index is 5.96. The predicted octanol–water partition coefficient (Wildman–Crippen LogP) is 1.54. The van der Waals surface area contributed by atoms with Crippen LogP contribution in [0.4, 0.5) is 5.95 Å². The first-order chi connectivity index (χ1) is 9.19. The first-order valence-corrected chi connectivity index (χ1v) is 6.03. The second kappa shape index (κ2) is 4.43. The minimum Gasteiger partial charge on any atom is -0.368 e. The first kappa shape index (κ1) is 11.8. The zero-order valence-corrected chi connectivity index (χ0v) is 10.8. The van der Waals surface area contributed by atoms with Gasteiger partial charge in [0.2, 0.25) is 11.2 Å². The van der Waals surface area contributed by atoms with E-state index in [1.807, 2.05) is 11.5 Å². The summed E-state index contributed by atoms with van der Waals surface area (Å²) in [6.07, 6.45) is 4.88. The molecule has 3 aromatic rings. The lowest BCUT2D eigenvalue weighted by atomic mass is 10.2. The van der Waals surface area contributed by atoms with Crippen LogP contribution in [0.3, 0.4) is 0 Å². The molecule has 0 aliphatic heterocycles. The van der Waals surface area contributed by atoms with Gasteiger partial charge in [-0.2, -0.15) is 4.98 Å². The molecule has 0 aliphatic rings. The number of nitrogens with zero attached hydrogens (tertiary/aromatic N) is 6. The van der Waals surface area contributed by atoms with Crippen LogP contribution in [-0.2, 0) is 6.54 Å². The minimum absolute atomic E-state index is 0.162. The van der Waals surface area contributed by atoms with Crippen LogP contribution in [0.15, 0.2) is 18.7 Å². The summed E-state index contributed by atoms with van der Waals surface area (Å²) < 4.78 is 1.89. The summed E-state index contributed by atoms with van der Waals surface area (Å²) in [4.78, 5) is 20.6. The molecule has 0 fully saturated rings. The number of halogens is 1. The van der Waals surface area contributed by atoms with Gasteiger partial charge >= 0.3 is 0 Å². The highest BCUT2D eigenvalue weighted by atomic mass is 35.5. The molecule has 0 spiro atoms. The van der Waals surface area contributed by atoms with Crippen LogP contribution in [0.1, 0.15) is 6.92 Å². The highest BCUT2D eigenvalue weighted by molar-refractivity contribution is 6.28. The van der Waals surface area contributed by atoms with Crippen LogP contribution in [0.2, 0.25) is 5.28 Å². The van der Waals surface area contributed by atoms with Gasteiger partial charge in [-0.25, -0.2) is 19.9 Å². The van der Waals surface area contributed by atoms with Crippen molar-refractivity contribution in [1.29, 1.82) is 0 Å². The molecular formula is C11H10ClN7. The number of hydrogen-bond donors (Lipinski definition) is 1. The van der Waals surface area contributed by atoms with E-state index >= 15 is 0 Å². The molecule has 0 saturated heterocycles. The zero-order chi connectivity index (χ0) is 13.4. The van der Waals surface area contributed by atoms with Gasteiger partial charge in [0.15, 0.2) is 5.65 Å². The summed E-state index contributed by atoms with van der Waals surface area (Å²) in [5.74, 6) is 0.208. The predicted molar refractivity (Wildman–Crippen MR) is 71.4 cm³/mol. The Labute approximate surface area is 113 Å². The van der Waals surface area contributed by atoms with Gasteiger partial charge in [-0.1, -0.05) is 0 Å². The molecule has 7 nitrogen and oxygen atoms in total. The van der Waals surface area contributed by atoms with Crippen LogP contribution in [0.25, 0.3) is 22.4 Å². The van der Waals surface area contributed by atoms with Gasteiger partial charge in [0.1, 0.15) is 11.2 Å². The molecule has 0 unspecified atom stereocenters. The zero-order valence-electron chi connectivity index (χ0n) is 10.1. The standard InChI is InChI=1S/C11H10ClN7/c1-2-19-5-16-8-7(17-10(12)18-9(8)19)6-3-14-11(13)15-4-6/h3-5H,2H2,1H3,(H2,13,14,15). The van der Waals surface area contributed by atoms with Crippen molar-refractivity contribution in [2.45, 2.75) is 13.5 Å². The highest BCUT2D eigenvalue weighted by Gasteiger charge is 2.14. The Balaban J connectivity index is 2.28. The molecule has 0 bridgehead atoms. The monoisotopic (exact) mass is 275 g/mol. The van der Waals surface area contributed by atoms with Crippen molar-refractivity contribution in [3.8, 4) is 11.3 Å². The van der Waals surface area contributed by atoms with E-state index < -0.39 is 0 Å². The normalized spacial score (nSPS) is 11.1. The lowest BCUT2D eigenvalue weighted by Crippen LogP contribution is -1.98. The Morgan fingerprint density at radius 2 is 1.95 bits per heavy atom. The summed E-state index contributed by atoms with van der Waals surface area (Å²) in [5.41, 5.74) is 8.13. The maximum absolute atomic E-state index is 5.96. The fourth-order valence-electron chi connectivity index (χ4n) is 1.81. The SMILES string of the molecule is CCn1cnc2c(-c3cnc(N)nc3)nc(Cl)nc21. The minimum atomic E-state index is 0.162. The van der Waals surface area contributed by atoms with Crippen LogP contribution >= 0.6 is 11.6 Å². The number of hydrogen-bond acceptors (Lipinski definition) is 6. The van der Waals surface area contributed by atoms with Crippen molar-refractivity contribution in [2.24, 2.45) is 0 Å². The Morgan fingerprint density at radius 3 is 2.63 bits per heavy atom. The fourth-order valence-corrected chi connectivity index (χ4v) is 1.98.